The predicted molar refractivity (Wildman–Crippen MR) is 108 cm³/mol. The zero-order valence-electron chi connectivity index (χ0n) is 16.5. The number of nitrogens with one attached hydrogen (secondary N) is 1. The molecular formula is C21H24F2N2O3S. The summed E-state index contributed by atoms with van der Waals surface area (Å²) in [6, 6.07) is 8.71. The van der Waals surface area contributed by atoms with Crippen LogP contribution >= 0.6 is 0 Å². The average Bonchev–Trinajstić information content (AvgIpc) is 2.67. The molecule has 0 heterocycles. The van der Waals surface area contributed by atoms with Crippen LogP contribution in [0.2, 0.25) is 0 Å². The van der Waals surface area contributed by atoms with Crippen LogP contribution in [0.25, 0.3) is 6.08 Å². The van der Waals surface area contributed by atoms with Crippen LogP contribution in [-0.2, 0) is 14.8 Å². The molecule has 0 aromatic heterocycles. The minimum Gasteiger partial charge on any atom is -0.346 e. The predicted octanol–water partition coefficient (Wildman–Crippen LogP) is 3.89. The van der Waals surface area contributed by atoms with Crippen molar-refractivity contribution in [2.24, 2.45) is 0 Å². The van der Waals surface area contributed by atoms with Gasteiger partial charge in [-0.1, -0.05) is 32.0 Å². The maximum Gasteiger partial charge on any atom is 0.244 e. The van der Waals surface area contributed by atoms with Crippen molar-refractivity contribution in [2.75, 3.05) is 13.1 Å². The molecule has 0 saturated carbocycles. The molecule has 156 valence electrons. The van der Waals surface area contributed by atoms with Gasteiger partial charge in [-0.2, -0.15) is 4.31 Å². The van der Waals surface area contributed by atoms with Gasteiger partial charge >= 0.3 is 0 Å². The second-order valence-corrected chi connectivity index (χ2v) is 8.33. The van der Waals surface area contributed by atoms with Crippen LogP contribution in [-0.4, -0.2) is 31.7 Å². The van der Waals surface area contributed by atoms with Crippen molar-refractivity contribution < 1.29 is 22.0 Å². The van der Waals surface area contributed by atoms with Gasteiger partial charge in [0.25, 0.3) is 0 Å². The first-order valence-corrected chi connectivity index (χ1v) is 10.7. The van der Waals surface area contributed by atoms with E-state index in [1.165, 1.54) is 34.7 Å². The third-order valence-electron chi connectivity index (χ3n) is 4.44. The summed E-state index contributed by atoms with van der Waals surface area (Å²) in [5, 5.41) is 2.60. The highest BCUT2D eigenvalue weighted by atomic mass is 32.2. The van der Waals surface area contributed by atoms with Crippen molar-refractivity contribution in [3.63, 3.8) is 0 Å². The van der Waals surface area contributed by atoms with Crippen molar-refractivity contribution in [1.29, 1.82) is 0 Å². The number of carbonyl (C=O) groups excluding carboxylic acids is 1. The van der Waals surface area contributed by atoms with Gasteiger partial charge in [0.15, 0.2) is 0 Å². The zero-order valence-corrected chi connectivity index (χ0v) is 17.3. The fourth-order valence-electron chi connectivity index (χ4n) is 2.83. The van der Waals surface area contributed by atoms with E-state index < -0.39 is 33.6 Å². The van der Waals surface area contributed by atoms with Crippen LogP contribution < -0.4 is 5.32 Å². The molecule has 0 spiro atoms. The molecule has 0 aliphatic heterocycles. The van der Waals surface area contributed by atoms with E-state index in [0.29, 0.717) is 18.7 Å². The number of nitrogens with zero attached hydrogens (tertiary/aromatic N) is 1. The number of amides is 1. The van der Waals surface area contributed by atoms with Gasteiger partial charge < -0.3 is 5.32 Å². The first-order valence-electron chi connectivity index (χ1n) is 9.22. The lowest BCUT2D eigenvalue weighted by Gasteiger charge is -2.18. The van der Waals surface area contributed by atoms with Crippen LogP contribution in [0.3, 0.4) is 0 Å². The van der Waals surface area contributed by atoms with E-state index in [0.717, 1.165) is 12.1 Å². The van der Waals surface area contributed by atoms with Crippen molar-refractivity contribution in [2.45, 2.75) is 31.7 Å². The molecule has 1 N–H and O–H groups in total. The molecule has 0 unspecified atom stereocenters. The highest BCUT2D eigenvalue weighted by Gasteiger charge is 2.21. The number of sulfonamides is 1. The van der Waals surface area contributed by atoms with E-state index in [-0.39, 0.29) is 10.5 Å². The van der Waals surface area contributed by atoms with Gasteiger partial charge in [-0.15, -0.1) is 0 Å². The summed E-state index contributed by atoms with van der Waals surface area (Å²) in [7, 11) is -3.54. The Hall–Kier alpha value is -2.58. The number of carbonyl (C=O) groups is 1. The molecule has 5 nitrogen and oxygen atoms in total. The monoisotopic (exact) mass is 422 g/mol. The smallest absolute Gasteiger partial charge is 0.244 e. The Morgan fingerprint density at radius 3 is 2.28 bits per heavy atom. The summed E-state index contributed by atoms with van der Waals surface area (Å²) < 4.78 is 53.1. The molecule has 2 rings (SSSR count). The Labute approximate surface area is 170 Å². The molecular weight excluding hydrogens is 398 g/mol. The number of hydrogen-bond acceptors (Lipinski definition) is 3. The summed E-state index contributed by atoms with van der Waals surface area (Å²) in [4.78, 5) is 12.3. The molecule has 1 atom stereocenters. The Morgan fingerprint density at radius 2 is 1.72 bits per heavy atom. The Bertz CT molecular complexity index is 985. The minimum absolute atomic E-state index is 0.180. The molecule has 2 aromatic carbocycles. The fraction of sp³-hybridized carbons (Fsp3) is 0.286. The molecule has 0 aliphatic carbocycles. The van der Waals surface area contributed by atoms with Crippen LogP contribution in [0.5, 0.6) is 0 Å². The summed E-state index contributed by atoms with van der Waals surface area (Å²) in [6.07, 6.45) is 2.79. The number of hydrogen-bond donors (Lipinski definition) is 1. The standard InChI is InChI=1S/C21H24F2N2O3S/c1-4-25(5-2)29(27,28)18-10-6-16(7-11-18)8-13-21(26)24-15(3)19-12-9-17(22)14-20(19)23/h6-15H,4-5H2,1-3H3,(H,24,26)/b13-8+/t15-/m0/s1. The van der Waals surface area contributed by atoms with Gasteiger partial charge in [-0.3, -0.25) is 4.79 Å². The maximum atomic E-state index is 13.8. The highest BCUT2D eigenvalue weighted by Crippen LogP contribution is 2.18. The number of rotatable bonds is 8. The van der Waals surface area contributed by atoms with E-state index in [1.54, 1.807) is 32.9 Å². The summed E-state index contributed by atoms with van der Waals surface area (Å²) in [5.74, 6) is -1.87. The summed E-state index contributed by atoms with van der Waals surface area (Å²) in [5.41, 5.74) is 0.818. The zero-order chi connectivity index (χ0) is 21.6. The highest BCUT2D eigenvalue weighted by molar-refractivity contribution is 7.89. The lowest BCUT2D eigenvalue weighted by Crippen LogP contribution is -2.30. The van der Waals surface area contributed by atoms with Crippen molar-refractivity contribution >= 4 is 22.0 Å². The first kappa shape index (κ1) is 22.7. The van der Waals surface area contributed by atoms with Crippen molar-refractivity contribution in [1.82, 2.24) is 9.62 Å². The van der Waals surface area contributed by atoms with E-state index in [2.05, 4.69) is 5.32 Å². The molecule has 0 saturated heterocycles. The molecule has 0 aliphatic rings. The van der Waals surface area contributed by atoms with Gasteiger partial charge in [-0.25, -0.2) is 17.2 Å². The second kappa shape index (κ2) is 9.76. The second-order valence-electron chi connectivity index (χ2n) is 6.39. The number of halogens is 2. The van der Waals surface area contributed by atoms with E-state index >= 15 is 0 Å². The van der Waals surface area contributed by atoms with Gasteiger partial charge in [0.2, 0.25) is 15.9 Å². The van der Waals surface area contributed by atoms with E-state index in [4.69, 9.17) is 0 Å². The quantitative estimate of drug-likeness (QED) is 0.657. The third-order valence-corrected chi connectivity index (χ3v) is 6.50. The largest absolute Gasteiger partial charge is 0.346 e. The van der Waals surface area contributed by atoms with E-state index in [1.807, 2.05) is 0 Å². The Morgan fingerprint density at radius 1 is 1.10 bits per heavy atom. The van der Waals surface area contributed by atoms with Crippen LogP contribution in [0.1, 0.15) is 37.9 Å². The van der Waals surface area contributed by atoms with E-state index in [9.17, 15) is 22.0 Å². The SMILES string of the molecule is CCN(CC)S(=O)(=O)c1ccc(/C=C/C(=O)N[C@@H](C)c2ccc(F)cc2F)cc1. The number of benzene rings is 2. The first-order chi connectivity index (χ1) is 13.7. The van der Waals surface area contributed by atoms with Gasteiger partial charge in [0.05, 0.1) is 10.9 Å². The lowest BCUT2D eigenvalue weighted by atomic mass is 10.1. The lowest BCUT2D eigenvalue weighted by molar-refractivity contribution is -0.117. The molecule has 1 amide bonds. The van der Waals surface area contributed by atoms with Crippen LogP contribution in [0.4, 0.5) is 8.78 Å². The molecule has 29 heavy (non-hydrogen) atoms. The molecule has 8 heteroatoms. The molecule has 0 bridgehead atoms. The Balaban J connectivity index is 2.05. The van der Waals surface area contributed by atoms with Crippen LogP contribution in [0.15, 0.2) is 53.4 Å². The molecule has 2 aromatic rings. The third kappa shape index (κ3) is 5.71. The van der Waals surface area contributed by atoms with Gasteiger partial charge in [-0.05, 0) is 36.8 Å². The normalized spacial score (nSPS) is 13.0. The fourth-order valence-corrected chi connectivity index (χ4v) is 4.29. The van der Waals surface area contributed by atoms with Gasteiger partial charge in [0.1, 0.15) is 11.6 Å². The Kier molecular flexibility index (Phi) is 7.64. The summed E-state index contributed by atoms with van der Waals surface area (Å²) >= 11 is 0. The summed E-state index contributed by atoms with van der Waals surface area (Å²) in [6.45, 7) is 5.90. The van der Waals surface area contributed by atoms with Crippen LogP contribution in [0, 0.1) is 11.6 Å². The topological polar surface area (TPSA) is 66.5 Å². The van der Waals surface area contributed by atoms with Crippen molar-refractivity contribution in [3.05, 3.63) is 71.3 Å². The van der Waals surface area contributed by atoms with Crippen molar-refractivity contribution in [3.8, 4) is 0 Å². The average molecular weight is 422 g/mol. The molecule has 0 fully saturated rings. The van der Waals surface area contributed by atoms with Gasteiger partial charge in [0, 0.05) is 30.8 Å². The molecule has 0 radical (unpaired) electrons. The maximum absolute atomic E-state index is 13.8. The minimum atomic E-state index is -3.54.